The number of benzene rings is 2. The molecule has 23 heavy (non-hydrogen) atoms. The number of amides is 2. The molecular formula is C15H16FN3O3S. The van der Waals surface area contributed by atoms with Crippen LogP contribution in [-0.4, -0.2) is 14.4 Å². The summed E-state index contributed by atoms with van der Waals surface area (Å²) in [6, 6.07) is 10.4. The van der Waals surface area contributed by atoms with Crippen LogP contribution >= 0.6 is 0 Å². The van der Waals surface area contributed by atoms with Gasteiger partial charge in [-0.25, -0.2) is 4.79 Å². The fourth-order valence-electron chi connectivity index (χ4n) is 1.99. The molecule has 0 aliphatic carbocycles. The number of nitrogens with one attached hydrogen (secondary N) is 2. The minimum atomic E-state index is -4.77. The number of nitrogens with two attached hydrogens (primary N) is 1. The molecule has 0 unspecified atom stereocenters. The molecule has 2 rings (SSSR count). The van der Waals surface area contributed by atoms with Gasteiger partial charge < -0.3 is 16.4 Å². The Morgan fingerprint density at radius 2 is 1.83 bits per heavy atom. The molecule has 2 aromatic rings. The number of nitrogen functional groups attached to an aromatic ring is 1. The Morgan fingerprint density at radius 1 is 1.17 bits per heavy atom. The van der Waals surface area contributed by atoms with Crippen LogP contribution < -0.4 is 16.4 Å². The van der Waals surface area contributed by atoms with Gasteiger partial charge in [-0.05, 0) is 48.4 Å². The normalized spacial score (nSPS) is 11.0. The zero-order valence-electron chi connectivity index (χ0n) is 12.3. The summed E-state index contributed by atoms with van der Waals surface area (Å²) in [7, 11) is -4.77. The number of anilines is 2. The van der Waals surface area contributed by atoms with E-state index in [0.29, 0.717) is 17.9 Å². The number of hydrogen-bond acceptors (Lipinski definition) is 4. The second-order valence-electron chi connectivity index (χ2n) is 4.97. The highest BCUT2D eigenvalue weighted by molar-refractivity contribution is 7.86. The summed E-state index contributed by atoms with van der Waals surface area (Å²) in [5.41, 5.74) is 7.66. The number of rotatable bonds is 4. The van der Waals surface area contributed by atoms with Crippen molar-refractivity contribution < 1.29 is 17.1 Å². The van der Waals surface area contributed by atoms with Crippen LogP contribution in [0.2, 0.25) is 0 Å². The van der Waals surface area contributed by atoms with E-state index in [-0.39, 0.29) is 5.56 Å². The topological polar surface area (TPSA) is 101 Å². The number of aryl methyl sites for hydroxylation is 1. The Labute approximate surface area is 133 Å². The molecule has 0 heterocycles. The highest BCUT2D eigenvalue weighted by Gasteiger charge is 2.15. The van der Waals surface area contributed by atoms with Crippen molar-refractivity contribution in [2.45, 2.75) is 18.4 Å². The molecule has 0 saturated heterocycles. The molecule has 0 aliphatic heterocycles. The summed E-state index contributed by atoms with van der Waals surface area (Å²) in [5.74, 6) is 0. The van der Waals surface area contributed by atoms with Crippen molar-refractivity contribution in [3.63, 3.8) is 0 Å². The fourth-order valence-corrected chi connectivity index (χ4v) is 2.67. The van der Waals surface area contributed by atoms with Crippen LogP contribution in [0.3, 0.4) is 0 Å². The summed E-state index contributed by atoms with van der Waals surface area (Å²) in [4.78, 5) is 11.4. The Hall–Kier alpha value is -2.61. The van der Waals surface area contributed by atoms with E-state index in [9.17, 15) is 17.1 Å². The third-order valence-corrected chi connectivity index (χ3v) is 4.11. The quantitative estimate of drug-likeness (QED) is 0.589. The Morgan fingerprint density at radius 3 is 2.39 bits per heavy atom. The van der Waals surface area contributed by atoms with E-state index in [4.69, 9.17) is 5.73 Å². The number of carbonyl (C=O) groups excluding carboxylic acids is 1. The molecule has 4 N–H and O–H groups in total. The highest BCUT2D eigenvalue weighted by atomic mass is 32.3. The van der Waals surface area contributed by atoms with E-state index in [1.165, 1.54) is 19.1 Å². The molecule has 2 aromatic carbocycles. The van der Waals surface area contributed by atoms with Crippen molar-refractivity contribution in [2.24, 2.45) is 0 Å². The molecule has 0 aliphatic rings. The van der Waals surface area contributed by atoms with Gasteiger partial charge in [0.25, 0.3) is 0 Å². The van der Waals surface area contributed by atoms with Crippen molar-refractivity contribution in [1.29, 1.82) is 0 Å². The van der Waals surface area contributed by atoms with E-state index in [2.05, 4.69) is 10.6 Å². The molecule has 6 nitrogen and oxygen atoms in total. The largest absolute Gasteiger partial charge is 0.399 e. The third-order valence-electron chi connectivity index (χ3n) is 3.13. The highest BCUT2D eigenvalue weighted by Crippen LogP contribution is 2.21. The van der Waals surface area contributed by atoms with Gasteiger partial charge in [0.2, 0.25) is 0 Å². The molecule has 0 atom stereocenters. The zero-order valence-corrected chi connectivity index (χ0v) is 13.2. The van der Waals surface area contributed by atoms with Crippen LogP contribution in [0.4, 0.5) is 20.1 Å². The fraction of sp³-hybridized carbons (Fsp3) is 0.133. The van der Waals surface area contributed by atoms with Crippen molar-refractivity contribution in [3.05, 3.63) is 53.6 Å². The Kier molecular flexibility index (Phi) is 4.85. The van der Waals surface area contributed by atoms with Crippen LogP contribution in [0.5, 0.6) is 0 Å². The van der Waals surface area contributed by atoms with Crippen molar-refractivity contribution >= 4 is 27.6 Å². The van der Waals surface area contributed by atoms with Crippen LogP contribution in [-0.2, 0) is 16.8 Å². The van der Waals surface area contributed by atoms with Crippen LogP contribution in [0.15, 0.2) is 47.4 Å². The molecule has 122 valence electrons. The predicted octanol–water partition coefficient (Wildman–Crippen LogP) is 2.56. The maximum Gasteiger partial charge on any atom is 0.332 e. The van der Waals surface area contributed by atoms with Gasteiger partial charge >= 0.3 is 16.3 Å². The van der Waals surface area contributed by atoms with E-state index >= 15 is 0 Å². The van der Waals surface area contributed by atoms with Gasteiger partial charge in [-0.15, -0.1) is 3.89 Å². The lowest BCUT2D eigenvalue weighted by Gasteiger charge is -2.09. The van der Waals surface area contributed by atoms with Gasteiger partial charge in [0, 0.05) is 17.9 Å². The average molecular weight is 337 g/mol. The molecule has 2 amide bonds. The first-order valence-electron chi connectivity index (χ1n) is 6.70. The Bertz CT molecular complexity index is 820. The maximum absolute atomic E-state index is 13.0. The first kappa shape index (κ1) is 16.8. The number of urea groups is 1. The Balaban J connectivity index is 1.98. The van der Waals surface area contributed by atoms with Gasteiger partial charge in [0.15, 0.2) is 0 Å². The number of carbonyl (C=O) groups is 1. The smallest absolute Gasteiger partial charge is 0.332 e. The second kappa shape index (κ2) is 6.66. The van der Waals surface area contributed by atoms with E-state index in [1.54, 1.807) is 24.3 Å². The van der Waals surface area contributed by atoms with Gasteiger partial charge in [0.05, 0.1) is 0 Å². The molecule has 0 bridgehead atoms. The minimum Gasteiger partial charge on any atom is -0.399 e. The second-order valence-corrected chi connectivity index (χ2v) is 6.28. The van der Waals surface area contributed by atoms with Crippen LogP contribution in [0, 0.1) is 6.92 Å². The lowest BCUT2D eigenvalue weighted by atomic mass is 10.2. The number of hydrogen-bond donors (Lipinski definition) is 3. The molecule has 0 spiro atoms. The predicted molar refractivity (Wildman–Crippen MR) is 86.2 cm³/mol. The van der Waals surface area contributed by atoms with E-state index in [1.807, 2.05) is 0 Å². The average Bonchev–Trinajstić information content (AvgIpc) is 2.45. The molecular weight excluding hydrogens is 321 g/mol. The van der Waals surface area contributed by atoms with Gasteiger partial charge in [-0.3, -0.25) is 0 Å². The van der Waals surface area contributed by atoms with Crippen molar-refractivity contribution in [1.82, 2.24) is 5.32 Å². The monoisotopic (exact) mass is 337 g/mol. The van der Waals surface area contributed by atoms with Gasteiger partial charge in [-0.2, -0.15) is 8.42 Å². The van der Waals surface area contributed by atoms with Gasteiger partial charge in [-0.1, -0.05) is 12.1 Å². The summed E-state index contributed by atoms with van der Waals surface area (Å²) < 4.78 is 34.8. The zero-order chi connectivity index (χ0) is 17.0. The maximum atomic E-state index is 13.0. The standard InChI is InChI=1S/C15H16FN3O3S/c1-10-8-13(6-7-14(10)23(16,21)22)19-15(20)18-9-11-2-4-12(17)5-3-11/h2-8H,9,17H2,1H3,(H2,18,19,20). The number of halogens is 1. The molecule has 0 radical (unpaired) electrons. The SMILES string of the molecule is Cc1cc(NC(=O)NCc2ccc(N)cc2)ccc1S(=O)(=O)F. The van der Waals surface area contributed by atoms with Crippen LogP contribution in [0.25, 0.3) is 0 Å². The lowest BCUT2D eigenvalue weighted by Crippen LogP contribution is -2.28. The minimum absolute atomic E-state index is 0.212. The third kappa shape index (κ3) is 4.68. The van der Waals surface area contributed by atoms with Crippen LogP contribution in [0.1, 0.15) is 11.1 Å². The molecule has 0 saturated carbocycles. The first-order chi connectivity index (χ1) is 10.8. The summed E-state index contributed by atoms with van der Waals surface area (Å²) in [6.07, 6.45) is 0. The van der Waals surface area contributed by atoms with Crippen molar-refractivity contribution in [2.75, 3.05) is 11.1 Å². The molecule has 8 heteroatoms. The summed E-state index contributed by atoms with van der Waals surface area (Å²) in [5, 5.41) is 5.20. The first-order valence-corrected chi connectivity index (χ1v) is 8.08. The van der Waals surface area contributed by atoms with Crippen molar-refractivity contribution in [3.8, 4) is 0 Å². The summed E-state index contributed by atoms with van der Waals surface area (Å²) in [6.45, 7) is 1.76. The van der Waals surface area contributed by atoms with E-state index in [0.717, 1.165) is 11.6 Å². The van der Waals surface area contributed by atoms with Gasteiger partial charge in [0.1, 0.15) is 4.90 Å². The van der Waals surface area contributed by atoms with E-state index < -0.39 is 21.1 Å². The molecule has 0 fully saturated rings. The lowest BCUT2D eigenvalue weighted by molar-refractivity contribution is 0.251. The molecule has 0 aromatic heterocycles. The summed E-state index contributed by atoms with van der Waals surface area (Å²) >= 11 is 0.